The lowest BCUT2D eigenvalue weighted by atomic mass is 9.86. The zero-order chi connectivity index (χ0) is 15.6. The molecule has 2 aromatic carbocycles. The van der Waals surface area contributed by atoms with Gasteiger partial charge in [0.05, 0.1) is 0 Å². The summed E-state index contributed by atoms with van der Waals surface area (Å²) < 4.78 is 26.0. The van der Waals surface area contributed by atoms with Crippen LogP contribution in [0.1, 0.15) is 42.3 Å². The minimum atomic E-state index is -0.927. The second kappa shape index (κ2) is 5.76. The highest BCUT2D eigenvalue weighted by Crippen LogP contribution is 2.22. The van der Waals surface area contributed by atoms with Crippen molar-refractivity contribution in [2.45, 2.75) is 32.6 Å². The number of rotatable bonds is 3. The number of carbonyl (C=O) groups is 1. The van der Waals surface area contributed by atoms with Crippen LogP contribution in [-0.2, 0) is 11.8 Å². The van der Waals surface area contributed by atoms with Crippen LogP contribution in [0.4, 0.5) is 8.78 Å². The van der Waals surface area contributed by atoms with Crippen molar-refractivity contribution < 1.29 is 13.6 Å². The molecule has 0 heterocycles. The lowest BCUT2D eigenvalue weighted by Gasteiger charge is -2.19. The van der Waals surface area contributed by atoms with Gasteiger partial charge in [-0.25, -0.2) is 8.78 Å². The first-order valence-electron chi connectivity index (χ1n) is 6.85. The first-order chi connectivity index (χ1) is 9.77. The zero-order valence-electron chi connectivity index (χ0n) is 12.4. The van der Waals surface area contributed by atoms with Crippen molar-refractivity contribution in [1.82, 2.24) is 0 Å². The number of hydrogen-bond acceptors (Lipinski definition) is 1. The quantitative estimate of drug-likeness (QED) is 0.749. The maximum Gasteiger partial charge on any atom is 0.167 e. The molecule has 2 aromatic rings. The fourth-order valence-corrected chi connectivity index (χ4v) is 2.09. The van der Waals surface area contributed by atoms with Crippen LogP contribution < -0.4 is 0 Å². The van der Waals surface area contributed by atoms with Gasteiger partial charge in [-0.3, -0.25) is 4.79 Å². The van der Waals surface area contributed by atoms with Gasteiger partial charge in [-0.2, -0.15) is 0 Å². The van der Waals surface area contributed by atoms with E-state index in [2.05, 4.69) is 20.8 Å². The van der Waals surface area contributed by atoms with Gasteiger partial charge in [0, 0.05) is 12.0 Å². The third-order valence-corrected chi connectivity index (χ3v) is 3.42. The van der Waals surface area contributed by atoms with Crippen LogP contribution in [0.2, 0.25) is 0 Å². The fourth-order valence-electron chi connectivity index (χ4n) is 2.09. The van der Waals surface area contributed by atoms with Crippen LogP contribution in [0.3, 0.4) is 0 Å². The maximum absolute atomic E-state index is 13.1. The average Bonchev–Trinajstić information content (AvgIpc) is 2.42. The number of carbonyl (C=O) groups excluding carboxylic acids is 1. The molecule has 0 saturated carbocycles. The highest BCUT2D eigenvalue weighted by atomic mass is 19.2. The van der Waals surface area contributed by atoms with E-state index < -0.39 is 11.6 Å². The molecule has 0 spiro atoms. The van der Waals surface area contributed by atoms with E-state index in [0.29, 0.717) is 11.1 Å². The molecule has 0 atom stereocenters. The van der Waals surface area contributed by atoms with Crippen molar-refractivity contribution in [3.8, 4) is 0 Å². The number of hydrogen-bond donors (Lipinski definition) is 0. The van der Waals surface area contributed by atoms with Crippen LogP contribution in [-0.4, -0.2) is 5.78 Å². The number of Topliss-reactive ketones (excluding diaryl/α,β-unsaturated/α-hetero) is 1. The van der Waals surface area contributed by atoms with Crippen LogP contribution >= 0.6 is 0 Å². The summed E-state index contributed by atoms with van der Waals surface area (Å²) in [6.45, 7) is 6.31. The van der Waals surface area contributed by atoms with Gasteiger partial charge < -0.3 is 0 Å². The first-order valence-corrected chi connectivity index (χ1v) is 6.85. The van der Waals surface area contributed by atoms with Crippen molar-refractivity contribution in [2.75, 3.05) is 0 Å². The fraction of sp³-hybridized carbons (Fsp3) is 0.278. The molecular weight excluding hydrogens is 270 g/mol. The van der Waals surface area contributed by atoms with Gasteiger partial charge in [0.1, 0.15) is 0 Å². The Bertz CT molecular complexity index is 652. The third kappa shape index (κ3) is 3.75. The molecular formula is C18H18F2O. The lowest BCUT2D eigenvalue weighted by Crippen LogP contribution is -2.11. The Kier molecular flexibility index (Phi) is 4.21. The number of ketones is 1. The van der Waals surface area contributed by atoms with E-state index in [-0.39, 0.29) is 17.6 Å². The Morgan fingerprint density at radius 3 is 2.10 bits per heavy atom. The van der Waals surface area contributed by atoms with E-state index in [1.54, 1.807) is 12.1 Å². The van der Waals surface area contributed by atoms with E-state index in [9.17, 15) is 13.6 Å². The SMILES string of the molecule is CC(C)(C)c1ccc(C(=O)Cc2ccc(F)c(F)c2)cc1. The summed E-state index contributed by atoms with van der Waals surface area (Å²) >= 11 is 0. The minimum Gasteiger partial charge on any atom is -0.294 e. The van der Waals surface area contributed by atoms with E-state index >= 15 is 0 Å². The van der Waals surface area contributed by atoms with Crippen LogP contribution in [0.5, 0.6) is 0 Å². The van der Waals surface area contributed by atoms with E-state index in [1.165, 1.54) is 6.07 Å². The monoisotopic (exact) mass is 288 g/mol. The summed E-state index contributed by atoms with van der Waals surface area (Å²) in [6.07, 6.45) is 0.0616. The number of halogens is 2. The van der Waals surface area contributed by atoms with E-state index in [1.807, 2.05) is 12.1 Å². The largest absolute Gasteiger partial charge is 0.294 e. The maximum atomic E-state index is 13.1. The first kappa shape index (κ1) is 15.4. The molecule has 21 heavy (non-hydrogen) atoms. The minimum absolute atomic E-state index is 0.0294. The van der Waals surface area contributed by atoms with Gasteiger partial charge in [-0.15, -0.1) is 0 Å². The van der Waals surface area contributed by atoms with Gasteiger partial charge in [0.25, 0.3) is 0 Å². The summed E-state index contributed by atoms with van der Waals surface area (Å²) in [4.78, 5) is 12.2. The van der Waals surface area contributed by atoms with Crippen LogP contribution in [0.15, 0.2) is 42.5 Å². The number of benzene rings is 2. The molecule has 0 amide bonds. The van der Waals surface area contributed by atoms with Gasteiger partial charge in [-0.05, 0) is 28.7 Å². The highest BCUT2D eigenvalue weighted by Gasteiger charge is 2.14. The van der Waals surface area contributed by atoms with Crippen molar-refractivity contribution in [3.05, 3.63) is 70.8 Å². The molecule has 0 unspecified atom stereocenters. The van der Waals surface area contributed by atoms with Crippen molar-refractivity contribution in [1.29, 1.82) is 0 Å². The topological polar surface area (TPSA) is 17.1 Å². The van der Waals surface area contributed by atoms with Crippen molar-refractivity contribution in [2.24, 2.45) is 0 Å². The Morgan fingerprint density at radius 1 is 0.952 bits per heavy atom. The molecule has 0 fully saturated rings. The molecule has 110 valence electrons. The Labute approximate surface area is 123 Å². The van der Waals surface area contributed by atoms with Gasteiger partial charge >= 0.3 is 0 Å². The molecule has 0 radical (unpaired) electrons. The zero-order valence-corrected chi connectivity index (χ0v) is 12.4. The van der Waals surface area contributed by atoms with Crippen LogP contribution in [0.25, 0.3) is 0 Å². The van der Waals surface area contributed by atoms with Crippen molar-refractivity contribution >= 4 is 5.78 Å². The average molecular weight is 288 g/mol. The molecule has 0 saturated heterocycles. The van der Waals surface area contributed by atoms with E-state index in [4.69, 9.17) is 0 Å². The second-order valence-electron chi connectivity index (χ2n) is 6.18. The second-order valence-corrected chi connectivity index (χ2v) is 6.18. The Morgan fingerprint density at radius 2 is 1.57 bits per heavy atom. The van der Waals surface area contributed by atoms with Crippen LogP contribution in [0, 0.1) is 11.6 Å². The molecule has 0 aliphatic carbocycles. The van der Waals surface area contributed by atoms with E-state index in [0.717, 1.165) is 17.7 Å². The molecule has 1 nitrogen and oxygen atoms in total. The van der Waals surface area contributed by atoms with Gasteiger partial charge in [0.15, 0.2) is 17.4 Å². The molecule has 3 heteroatoms. The normalized spacial score (nSPS) is 11.5. The highest BCUT2D eigenvalue weighted by molar-refractivity contribution is 5.97. The predicted molar refractivity (Wildman–Crippen MR) is 79.5 cm³/mol. The summed E-state index contributed by atoms with van der Waals surface area (Å²) in [5.41, 5.74) is 2.22. The molecule has 0 aliphatic heterocycles. The smallest absolute Gasteiger partial charge is 0.167 e. The molecule has 0 N–H and O–H groups in total. The molecule has 0 aliphatic rings. The predicted octanol–water partition coefficient (Wildman–Crippen LogP) is 4.69. The summed E-state index contributed by atoms with van der Waals surface area (Å²) in [5, 5.41) is 0. The van der Waals surface area contributed by atoms with Gasteiger partial charge in [0.2, 0.25) is 0 Å². The van der Waals surface area contributed by atoms with Gasteiger partial charge in [-0.1, -0.05) is 51.1 Å². The Balaban J connectivity index is 2.15. The standard InChI is InChI=1S/C18H18F2O/c1-18(2,3)14-7-5-13(6-8-14)17(21)11-12-4-9-15(19)16(20)10-12/h4-10H,11H2,1-3H3. The third-order valence-electron chi connectivity index (χ3n) is 3.42. The summed E-state index contributed by atoms with van der Waals surface area (Å²) in [6, 6.07) is 11.0. The Hall–Kier alpha value is -2.03. The molecule has 2 rings (SSSR count). The molecule has 0 aromatic heterocycles. The lowest BCUT2D eigenvalue weighted by molar-refractivity contribution is 0.0993. The summed E-state index contributed by atoms with van der Waals surface area (Å²) in [5.74, 6) is -1.94. The summed E-state index contributed by atoms with van der Waals surface area (Å²) in [7, 11) is 0. The molecule has 0 bridgehead atoms. The van der Waals surface area contributed by atoms with Crippen molar-refractivity contribution in [3.63, 3.8) is 0 Å².